The number of nitrogen functional groups attached to an aromatic ring is 1. The lowest BCUT2D eigenvalue weighted by Gasteiger charge is -2.10. The van der Waals surface area contributed by atoms with Crippen molar-refractivity contribution >= 4 is 35.1 Å². The largest absolute Gasteiger partial charge is 0.383 e. The van der Waals surface area contributed by atoms with Gasteiger partial charge in [-0.3, -0.25) is 0 Å². The third-order valence-corrected chi connectivity index (χ3v) is 2.67. The highest BCUT2D eigenvalue weighted by Gasteiger charge is 2.09. The normalized spacial score (nSPS) is 10.6. The molecule has 6 heteroatoms. The van der Waals surface area contributed by atoms with Crippen molar-refractivity contribution < 1.29 is 0 Å². The van der Waals surface area contributed by atoms with Crippen LogP contribution < -0.4 is 11.1 Å². The molecule has 78 valence electrons. The highest BCUT2D eigenvalue weighted by molar-refractivity contribution is 7.98. The van der Waals surface area contributed by atoms with Gasteiger partial charge in [-0.05, 0) is 20.1 Å². The number of hydrogen-bond acceptors (Lipinski definition) is 5. The summed E-state index contributed by atoms with van der Waals surface area (Å²) in [6.45, 7) is 3.99. The van der Waals surface area contributed by atoms with E-state index in [0.29, 0.717) is 16.9 Å². The molecule has 1 aromatic heterocycles. The third-order valence-electron chi connectivity index (χ3n) is 1.47. The summed E-state index contributed by atoms with van der Waals surface area (Å²) in [4.78, 5) is 8.91. The highest BCUT2D eigenvalue weighted by atomic mass is 35.5. The zero-order valence-electron chi connectivity index (χ0n) is 8.34. The summed E-state index contributed by atoms with van der Waals surface area (Å²) >= 11 is 7.37. The predicted octanol–water partition coefficient (Wildman–Crippen LogP) is 2.25. The molecule has 0 atom stereocenters. The van der Waals surface area contributed by atoms with Crippen molar-refractivity contribution in [2.45, 2.75) is 24.8 Å². The number of nitrogens with zero attached hydrogens (tertiary/aromatic N) is 2. The van der Waals surface area contributed by atoms with Gasteiger partial charge in [0.1, 0.15) is 11.0 Å². The van der Waals surface area contributed by atoms with Crippen LogP contribution >= 0.6 is 23.4 Å². The lowest BCUT2D eigenvalue weighted by atomic mass is 10.4. The van der Waals surface area contributed by atoms with E-state index in [1.807, 2.05) is 20.1 Å². The molecule has 0 spiro atoms. The van der Waals surface area contributed by atoms with Gasteiger partial charge in [-0.15, -0.1) is 11.8 Å². The summed E-state index contributed by atoms with van der Waals surface area (Å²) in [5.41, 5.74) is 5.71. The SMILES string of the molecule is CSc1c(N)nc(NC(C)C)nc1Cl. The van der Waals surface area contributed by atoms with E-state index in [1.54, 1.807) is 0 Å². The fraction of sp³-hybridized carbons (Fsp3) is 0.500. The van der Waals surface area contributed by atoms with Crippen molar-refractivity contribution in [2.24, 2.45) is 0 Å². The highest BCUT2D eigenvalue weighted by Crippen LogP contribution is 2.29. The van der Waals surface area contributed by atoms with Crippen molar-refractivity contribution in [3.05, 3.63) is 5.15 Å². The summed E-state index contributed by atoms with van der Waals surface area (Å²) < 4.78 is 0. The van der Waals surface area contributed by atoms with Crippen molar-refractivity contribution in [2.75, 3.05) is 17.3 Å². The van der Waals surface area contributed by atoms with E-state index < -0.39 is 0 Å². The van der Waals surface area contributed by atoms with Gasteiger partial charge >= 0.3 is 0 Å². The van der Waals surface area contributed by atoms with Gasteiger partial charge in [-0.25, -0.2) is 0 Å². The molecule has 1 aromatic rings. The van der Waals surface area contributed by atoms with Crippen LogP contribution in [0.3, 0.4) is 0 Å². The summed E-state index contributed by atoms with van der Waals surface area (Å²) in [5, 5.41) is 3.44. The van der Waals surface area contributed by atoms with E-state index in [9.17, 15) is 0 Å². The molecule has 0 aliphatic rings. The van der Waals surface area contributed by atoms with Crippen LogP contribution in [0.5, 0.6) is 0 Å². The number of aromatic nitrogens is 2. The first-order valence-corrected chi connectivity index (χ1v) is 5.78. The molecule has 0 unspecified atom stereocenters. The molecule has 0 aromatic carbocycles. The maximum Gasteiger partial charge on any atom is 0.226 e. The molecule has 0 saturated heterocycles. The molecular weight excluding hydrogens is 220 g/mol. The Hall–Kier alpha value is -0.680. The Morgan fingerprint density at radius 1 is 1.43 bits per heavy atom. The molecule has 0 saturated carbocycles. The molecule has 4 nitrogen and oxygen atoms in total. The maximum atomic E-state index is 5.93. The average molecular weight is 233 g/mol. The average Bonchev–Trinajstić information content (AvgIpc) is 2.01. The molecule has 1 rings (SSSR count). The second-order valence-electron chi connectivity index (χ2n) is 3.06. The van der Waals surface area contributed by atoms with Gasteiger partial charge < -0.3 is 11.1 Å². The lowest BCUT2D eigenvalue weighted by Crippen LogP contribution is -2.13. The van der Waals surface area contributed by atoms with Crippen LogP contribution in [0.25, 0.3) is 0 Å². The van der Waals surface area contributed by atoms with E-state index in [-0.39, 0.29) is 6.04 Å². The van der Waals surface area contributed by atoms with Crippen LogP contribution in [0.15, 0.2) is 4.90 Å². The Bertz CT molecular complexity index is 306. The molecule has 14 heavy (non-hydrogen) atoms. The Balaban J connectivity index is 3.01. The number of hydrogen-bond donors (Lipinski definition) is 2. The van der Waals surface area contributed by atoms with Gasteiger partial charge in [-0.2, -0.15) is 9.97 Å². The minimum atomic E-state index is 0.255. The van der Waals surface area contributed by atoms with Gasteiger partial charge in [0, 0.05) is 6.04 Å². The van der Waals surface area contributed by atoms with Gasteiger partial charge in [0.15, 0.2) is 0 Å². The van der Waals surface area contributed by atoms with Crippen LogP contribution in [0, 0.1) is 0 Å². The first kappa shape index (κ1) is 11.4. The van der Waals surface area contributed by atoms with E-state index in [0.717, 1.165) is 4.90 Å². The number of rotatable bonds is 3. The second kappa shape index (κ2) is 4.70. The standard InChI is InChI=1S/C8H13ClN4S/c1-4(2)11-8-12-6(9)5(14-3)7(10)13-8/h4H,1-3H3,(H3,10,11,12,13). The van der Waals surface area contributed by atoms with Crippen LogP contribution in [0.2, 0.25) is 5.15 Å². The summed E-state index contributed by atoms with van der Waals surface area (Å²) in [6, 6.07) is 0.255. The zero-order valence-corrected chi connectivity index (χ0v) is 9.91. The minimum absolute atomic E-state index is 0.255. The molecule has 0 amide bonds. The molecular formula is C8H13ClN4S. The number of nitrogens with one attached hydrogen (secondary N) is 1. The Labute approximate surface area is 92.6 Å². The molecule has 0 bridgehead atoms. The topological polar surface area (TPSA) is 63.8 Å². The monoisotopic (exact) mass is 232 g/mol. The van der Waals surface area contributed by atoms with Crippen molar-refractivity contribution in [1.82, 2.24) is 9.97 Å². The lowest BCUT2D eigenvalue weighted by molar-refractivity contribution is 0.872. The third kappa shape index (κ3) is 2.65. The second-order valence-corrected chi connectivity index (χ2v) is 4.23. The maximum absolute atomic E-state index is 5.93. The quantitative estimate of drug-likeness (QED) is 0.618. The van der Waals surface area contributed by atoms with Crippen LogP contribution in [0.4, 0.5) is 11.8 Å². The predicted molar refractivity (Wildman–Crippen MR) is 62.0 cm³/mol. The van der Waals surface area contributed by atoms with Crippen molar-refractivity contribution in [3.8, 4) is 0 Å². The van der Waals surface area contributed by atoms with E-state index in [1.165, 1.54) is 11.8 Å². The van der Waals surface area contributed by atoms with Gasteiger partial charge in [-0.1, -0.05) is 11.6 Å². The molecule has 0 fully saturated rings. The number of nitrogens with two attached hydrogens (primary N) is 1. The smallest absolute Gasteiger partial charge is 0.226 e. The van der Waals surface area contributed by atoms with Crippen molar-refractivity contribution in [1.29, 1.82) is 0 Å². The number of thioether (sulfide) groups is 1. The van der Waals surface area contributed by atoms with Crippen LogP contribution in [-0.2, 0) is 0 Å². The molecule has 0 radical (unpaired) electrons. The first-order valence-electron chi connectivity index (χ1n) is 4.18. The van der Waals surface area contributed by atoms with E-state index in [4.69, 9.17) is 17.3 Å². The van der Waals surface area contributed by atoms with Gasteiger partial charge in [0.2, 0.25) is 5.95 Å². The Morgan fingerprint density at radius 3 is 2.50 bits per heavy atom. The fourth-order valence-electron chi connectivity index (χ4n) is 0.951. The van der Waals surface area contributed by atoms with Gasteiger partial charge in [0.05, 0.1) is 4.90 Å². The molecule has 0 aliphatic heterocycles. The first-order chi connectivity index (χ1) is 6.54. The van der Waals surface area contributed by atoms with Gasteiger partial charge in [0.25, 0.3) is 0 Å². The molecule has 1 heterocycles. The fourth-order valence-corrected chi connectivity index (χ4v) is 1.83. The summed E-state index contributed by atoms with van der Waals surface area (Å²) in [5.74, 6) is 0.890. The Morgan fingerprint density at radius 2 is 2.07 bits per heavy atom. The minimum Gasteiger partial charge on any atom is -0.383 e. The number of halogens is 1. The number of anilines is 2. The van der Waals surface area contributed by atoms with E-state index in [2.05, 4.69) is 15.3 Å². The van der Waals surface area contributed by atoms with Crippen LogP contribution in [-0.4, -0.2) is 22.3 Å². The molecule has 3 N–H and O–H groups in total. The van der Waals surface area contributed by atoms with Crippen LogP contribution in [0.1, 0.15) is 13.8 Å². The van der Waals surface area contributed by atoms with Crippen molar-refractivity contribution in [3.63, 3.8) is 0 Å². The molecule has 0 aliphatic carbocycles. The van der Waals surface area contributed by atoms with E-state index >= 15 is 0 Å². The Kier molecular flexibility index (Phi) is 3.83. The zero-order chi connectivity index (χ0) is 10.7. The summed E-state index contributed by atoms with van der Waals surface area (Å²) in [7, 11) is 0. The summed E-state index contributed by atoms with van der Waals surface area (Å²) in [6.07, 6.45) is 1.89.